The van der Waals surface area contributed by atoms with Crippen LogP contribution < -0.4 is 10.3 Å². The summed E-state index contributed by atoms with van der Waals surface area (Å²) in [5.41, 5.74) is 4.12. The van der Waals surface area contributed by atoms with Crippen molar-refractivity contribution in [2.24, 2.45) is 0 Å². The molecule has 2 aromatic carbocycles. The summed E-state index contributed by atoms with van der Waals surface area (Å²) in [6.45, 7) is 2.38. The van der Waals surface area contributed by atoms with Gasteiger partial charge in [-0.05, 0) is 37.4 Å². The highest BCUT2D eigenvalue weighted by Gasteiger charge is 2.58. The van der Waals surface area contributed by atoms with E-state index in [4.69, 9.17) is 28.9 Å². The van der Waals surface area contributed by atoms with Gasteiger partial charge in [0.1, 0.15) is 42.0 Å². The van der Waals surface area contributed by atoms with Gasteiger partial charge in [0, 0.05) is 5.39 Å². The minimum atomic E-state index is -4.82. The molecule has 15 nitrogen and oxygen atoms in total. The maximum atomic E-state index is 13.7. The Morgan fingerprint density at radius 2 is 1.98 bits per heavy atom. The number of carbonyl (C=O) groups is 1. The van der Waals surface area contributed by atoms with Gasteiger partial charge in [-0.25, -0.2) is 23.7 Å². The van der Waals surface area contributed by atoms with Crippen molar-refractivity contribution in [3.05, 3.63) is 66.6 Å². The van der Waals surface area contributed by atoms with Crippen molar-refractivity contribution in [1.82, 2.24) is 14.6 Å². The first-order valence-electron chi connectivity index (χ1n) is 12.6. The second-order valence-electron chi connectivity index (χ2n) is 9.49. The van der Waals surface area contributed by atoms with E-state index in [9.17, 15) is 24.8 Å². The number of fused-ring (bicyclic) bond motifs is 2. The lowest BCUT2D eigenvalue weighted by Gasteiger charge is -2.24. The van der Waals surface area contributed by atoms with E-state index in [1.165, 1.54) is 22.7 Å². The predicted molar refractivity (Wildman–Crippen MR) is 143 cm³/mol. The topological polar surface area (TPSA) is 210 Å². The summed E-state index contributed by atoms with van der Waals surface area (Å²) in [5, 5.41) is 37.3. The second-order valence-corrected chi connectivity index (χ2v) is 11.0. The number of rotatable bonds is 9. The molecule has 3 heterocycles. The molecule has 5 atom stereocenters. The molecule has 0 radical (unpaired) electrons. The SMILES string of the molecule is CC(C)OC(=O)OOP(=O)(OC[C@H]1O[C@@](C#N)(c2ccc3c(N)ncnn23)[C@H](O)[C@@H]1O)Oc1cccc2ccccc12. The molecule has 0 bridgehead atoms. The van der Waals surface area contributed by atoms with Gasteiger partial charge in [-0.1, -0.05) is 41.1 Å². The first kappa shape index (κ1) is 29.2. The number of benzene rings is 2. The average molecular weight is 599 g/mol. The summed E-state index contributed by atoms with van der Waals surface area (Å²) in [7, 11) is -4.82. The molecule has 0 spiro atoms. The number of ether oxygens (including phenoxy) is 2. The number of hydrogen-bond acceptors (Lipinski definition) is 14. The summed E-state index contributed by atoms with van der Waals surface area (Å²) in [4.78, 5) is 20.4. The number of aliphatic hydroxyl groups is 2. The molecule has 1 aliphatic heterocycles. The number of nitrogens with two attached hydrogens (primary N) is 1. The van der Waals surface area contributed by atoms with Crippen molar-refractivity contribution in [3.8, 4) is 11.8 Å². The van der Waals surface area contributed by atoms with E-state index in [1.54, 1.807) is 50.2 Å². The van der Waals surface area contributed by atoms with E-state index in [1.807, 2.05) is 6.07 Å². The highest BCUT2D eigenvalue weighted by atomic mass is 31.2. The lowest BCUT2D eigenvalue weighted by atomic mass is 9.92. The quantitative estimate of drug-likeness (QED) is 0.109. The van der Waals surface area contributed by atoms with Crippen molar-refractivity contribution in [2.75, 3.05) is 12.3 Å². The number of nitrogen functional groups attached to an aromatic ring is 1. The fourth-order valence-corrected chi connectivity index (χ4v) is 5.47. The monoisotopic (exact) mass is 599 g/mol. The average Bonchev–Trinajstić information content (AvgIpc) is 3.51. The standard InChI is InChI=1S/C26H26N5O10P/c1-15(2)37-25(34)39-41-42(35,40-19-9-5-7-16-6-3-4-8-17(16)19)36-12-20-22(32)23(33)26(13-27,38-20)21-11-10-18-24(28)29-14-30-31(18)21/h3-11,14-15,20,22-23,32-33H,12H2,1-2H3,(H2,28,29,30)/t20-,22-,23-,26+,42?/m1/s1. The third-order valence-corrected chi connectivity index (χ3v) is 7.51. The summed E-state index contributed by atoms with van der Waals surface area (Å²) in [5.74, 6) is 0.172. The molecule has 0 aliphatic carbocycles. The Bertz CT molecular complexity index is 1700. The van der Waals surface area contributed by atoms with Crippen LogP contribution in [-0.4, -0.2) is 62.0 Å². The number of nitriles is 1. The summed E-state index contributed by atoms with van der Waals surface area (Å²) < 4.78 is 41.5. The molecule has 1 aliphatic rings. The van der Waals surface area contributed by atoms with E-state index in [0.29, 0.717) is 10.9 Å². The predicted octanol–water partition coefficient (Wildman–Crippen LogP) is 3.00. The Kier molecular flexibility index (Phi) is 8.02. The van der Waals surface area contributed by atoms with Gasteiger partial charge in [-0.3, -0.25) is 4.52 Å². The molecule has 0 amide bonds. The molecule has 5 rings (SSSR count). The van der Waals surface area contributed by atoms with Gasteiger partial charge in [0.25, 0.3) is 0 Å². The number of aromatic nitrogens is 3. The van der Waals surface area contributed by atoms with Crippen LogP contribution in [0.4, 0.5) is 10.6 Å². The number of anilines is 1. The lowest BCUT2D eigenvalue weighted by molar-refractivity contribution is -0.190. The zero-order valence-corrected chi connectivity index (χ0v) is 23.2. The molecule has 220 valence electrons. The minimum absolute atomic E-state index is 0.0503. The van der Waals surface area contributed by atoms with Crippen LogP contribution in [0.1, 0.15) is 19.5 Å². The van der Waals surface area contributed by atoms with Gasteiger partial charge in [-0.15, -0.1) is 0 Å². The van der Waals surface area contributed by atoms with Crippen LogP contribution in [0, 0.1) is 11.3 Å². The van der Waals surface area contributed by atoms with E-state index < -0.39 is 50.6 Å². The van der Waals surface area contributed by atoms with Gasteiger partial charge in [0.15, 0.2) is 5.82 Å². The molecule has 1 saturated heterocycles. The van der Waals surface area contributed by atoms with Crippen LogP contribution in [0.25, 0.3) is 16.3 Å². The Morgan fingerprint density at radius 3 is 2.74 bits per heavy atom. The maximum absolute atomic E-state index is 13.7. The normalized spacial score (nSPS) is 23.5. The fraction of sp³-hybridized carbons (Fsp3) is 0.308. The summed E-state index contributed by atoms with van der Waals surface area (Å²) >= 11 is 0. The van der Waals surface area contributed by atoms with Crippen LogP contribution in [-0.2, 0) is 33.7 Å². The number of nitrogens with zero attached hydrogens (tertiary/aromatic N) is 4. The Labute approximate surface area is 238 Å². The fourth-order valence-electron chi connectivity index (χ4n) is 4.46. The van der Waals surface area contributed by atoms with Crippen molar-refractivity contribution in [1.29, 1.82) is 5.26 Å². The molecule has 0 saturated carbocycles. The zero-order valence-electron chi connectivity index (χ0n) is 22.3. The van der Waals surface area contributed by atoms with Crippen LogP contribution in [0.5, 0.6) is 5.75 Å². The molecule has 1 unspecified atom stereocenters. The molecular formula is C26H26N5O10P. The van der Waals surface area contributed by atoms with Gasteiger partial charge in [-0.2, -0.15) is 10.4 Å². The van der Waals surface area contributed by atoms with E-state index >= 15 is 0 Å². The number of phosphoric acid groups is 1. The molecule has 42 heavy (non-hydrogen) atoms. The van der Waals surface area contributed by atoms with E-state index in [0.717, 1.165) is 11.7 Å². The molecule has 4 N–H and O–H groups in total. The van der Waals surface area contributed by atoms with Crippen molar-refractivity contribution in [2.45, 2.75) is 43.9 Å². The maximum Gasteiger partial charge on any atom is 0.567 e. The number of aliphatic hydroxyl groups excluding tert-OH is 2. The van der Waals surface area contributed by atoms with Crippen molar-refractivity contribution < 1.29 is 47.7 Å². The summed E-state index contributed by atoms with van der Waals surface area (Å²) in [6.07, 6.45) is -5.70. The number of carbonyl (C=O) groups excluding carboxylic acids is 1. The number of phosphoric ester groups is 1. The van der Waals surface area contributed by atoms with Gasteiger partial charge in [0.05, 0.1) is 18.4 Å². The van der Waals surface area contributed by atoms with E-state index in [-0.39, 0.29) is 17.3 Å². The second kappa shape index (κ2) is 11.5. The molecular weight excluding hydrogens is 573 g/mol. The molecule has 1 fully saturated rings. The lowest BCUT2D eigenvalue weighted by Crippen LogP contribution is -2.41. The first-order chi connectivity index (χ1) is 20.1. The van der Waals surface area contributed by atoms with Crippen LogP contribution in [0.3, 0.4) is 0 Å². The van der Waals surface area contributed by atoms with E-state index in [2.05, 4.69) is 15.0 Å². The minimum Gasteiger partial charge on any atom is -0.430 e. The van der Waals surface area contributed by atoms with Crippen LogP contribution >= 0.6 is 7.82 Å². The third kappa shape index (κ3) is 5.47. The van der Waals surface area contributed by atoms with Crippen LogP contribution in [0.15, 0.2) is 60.9 Å². The Hall–Kier alpha value is -4.29. The third-order valence-electron chi connectivity index (χ3n) is 6.37. The zero-order chi connectivity index (χ0) is 30.1. The Morgan fingerprint density at radius 1 is 1.21 bits per heavy atom. The van der Waals surface area contributed by atoms with Crippen molar-refractivity contribution in [3.63, 3.8) is 0 Å². The highest BCUT2D eigenvalue weighted by Crippen LogP contribution is 2.52. The van der Waals surface area contributed by atoms with Gasteiger partial charge >= 0.3 is 14.0 Å². The van der Waals surface area contributed by atoms with Crippen LogP contribution in [0.2, 0.25) is 0 Å². The largest absolute Gasteiger partial charge is 0.567 e. The van der Waals surface area contributed by atoms with Gasteiger partial charge in [0.2, 0.25) is 5.60 Å². The highest BCUT2D eigenvalue weighted by molar-refractivity contribution is 7.48. The summed E-state index contributed by atoms with van der Waals surface area (Å²) in [6, 6.07) is 16.8. The van der Waals surface area contributed by atoms with Crippen molar-refractivity contribution >= 4 is 36.1 Å². The number of hydrogen-bond donors (Lipinski definition) is 3. The molecule has 4 aromatic rings. The Balaban J connectivity index is 1.41. The molecule has 16 heteroatoms. The molecule has 2 aromatic heterocycles. The smallest absolute Gasteiger partial charge is 0.430 e. The van der Waals surface area contributed by atoms with Gasteiger partial charge < -0.3 is 29.9 Å². The first-order valence-corrected chi connectivity index (χ1v) is 14.1.